The van der Waals surface area contributed by atoms with E-state index in [1.54, 1.807) is 0 Å². The highest BCUT2D eigenvalue weighted by Crippen LogP contribution is 2.38. The fraction of sp³-hybridized carbons (Fsp3) is 0.562. The summed E-state index contributed by atoms with van der Waals surface area (Å²) in [5.74, 6) is 1.84. The summed E-state index contributed by atoms with van der Waals surface area (Å²) in [5, 5.41) is 0. The number of hydrogen-bond donors (Lipinski definition) is 1. The second-order valence-corrected chi connectivity index (χ2v) is 6.36. The second-order valence-electron chi connectivity index (χ2n) is 5.92. The lowest BCUT2D eigenvalue weighted by atomic mass is 9.75. The van der Waals surface area contributed by atoms with E-state index in [4.69, 9.17) is 18.0 Å². The predicted molar refractivity (Wildman–Crippen MR) is 84.6 cm³/mol. The minimum absolute atomic E-state index is 0.515. The fourth-order valence-corrected chi connectivity index (χ4v) is 3.95. The highest BCUT2D eigenvalue weighted by Gasteiger charge is 2.31. The Bertz CT molecular complexity index is 472. The molecule has 2 unspecified atom stereocenters. The molecular formula is C16H22N2S. The molecule has 1 aromatic carbocycles. The first-order valence-corrected chi connectivity index (χ1v) is 7.80. The Balaban J connectivity index is 1.81. The van der Waals surface area contributed by atoms with Crippen LogP contribution in [-0.2, 0) is 0 Å². The number of anilines is 1. The average Bonchev–Trinajstić information content (AvgIpc) is 2.46. The SMILES string of the molecule is NC(=S)c1ccccc1N1CCC2CCCCC2C1. The summed E-state index contributed by atoms with van der Waals surface area (Å²) in [6.07, 6.45) is 7.01. The third kappa shape index (κ3) is 2.62. The van der Waals surface area contributed by atoms with Crippen LogP contribution in [-0.4, -0.2) is 18.1 Å². The number of benzene rings is 1. The maximum atomic E-state index is 5.86. The maximum absolute atomic E-state index is 5.86. The summed E-state index contributed by atoms with van der Waals surface area (Å²) in [6, 6.07) is 8.32. The van der Waals surface area contributed by atoms with Crippen LogP contribution in [0.25, 0.3) is 0 Å². The molecule has 1 aliphatic carbocycles. The van der Waals surface area contributed by atoms with Gasteiger partial charge in [-0.15, -0.1) is 0 Å². The topological polar surface area (TPSA) is 29.3 Å². The average molecular weight is 274 g/mol. The first-order valence-electron chi connectivity index (χ1n) is 7.39. The van der Waals surface area contributed by atoms with Gasteiger partial charge in [-0.2, -0.15) is 0 Å². The maximum Gasteiger partial charge on any atom is 0.106 e. The van der Waals surface area contributed by atoms with Crippen molar-refractivity contribution in [2.24, 2.45) is 17.6 Å². The van der Waals surface area contributed by atoms with Crippen molar-refractivity contribution in [1.29, 1.82) is 0 Å². The number of nitrogens with two attached hydrogens (primary N) is 1. The minimum atomic E-state index is 0.515. The molecule has 2 nitrogen and oxygen atoms in total. The molecule has 102 valence electrons. The fourth-order valence-electron chi connectivity index (χ4n) is 3.78. The third-order valence-electron chi connectivity index (χ3n) is 4.80. The number of thiocarbonyl (C=S) groups is 1. The van der Waals surface area contributed by atoms with Crippen molar-refractivity contribution < 1.29 is 0 Å². The van der Waals surface area contributed by atoms with E-state index in [2.05, 4.69) is 17.0 Å². The molecule has 0 amide bonds. The molecule has 3 rings (SSSR count). The van der Waals surface area contributed by atoms with Gasteiger partial charge in [0, 0.05) is 24.3 Å². The van der Waals surface area contributed by atoms with Crippen molar-refractivity contribution in [3.63, 3.8) is 0 Å². The first-order chi connectivity index (χ1) is 9.25. The van der Waals surface area contributed by atoms with Gasteiger partial charge in [-0.05, 0) is 36.8 Å². The molecule has 0 aromatic heterocycles. The van der Waals surface area contributed by atoms with Gasteiger partial charge in [-0.3, -0.25) is 0 Å². The van der Waals surface area contributed by atoms with Crippen LogP contribution in [0.1, 0.15) is 37.7 Å². The molecule has 1 saturated heterocycles. The molecule has 2 fully saturated rings. The monoisotopic (exact) mass is 274 g/mol. The Morgan fingerprint density at radius 3 is 2.63 bits per heavy atom. The van der Waals surface area contributed by atoms with Crippen LogP contribution < -0.4 is 10.6 Å². The van der Waals surface area contributed by atoms with Crippen molar-refractivity contribution in [1.82, 2.24) is 0 Å². The van der Waals surface area contributed by atoms with Crippen LogP contribution in [0.3, 0.4) is 0 Å². The second kappa shape index (κ2) is 5.49. The van der Waals surface area contributed by atoms with E-state index in [0.717, 1.165) is 23.9 Å². The standard InChI is InChI=1S/C16H22N2S/c17-16(19)14-7-3-4-8-15(14)18-10-9-12-5-1-2-6-13(12)11-18/h3-4,7-8,12-13H,1-2,5-6,9-11H2,(H2,17,19). The number of para-hydroxylation sites is 1. The smallest absolute Gasteiger partial charge is 0.106 e. The molecule has 0 radical (unpaired) electrons. The number of fused-ring (bicyclic) bond motifs is 1. The lowest BCUT2D eigenvalue weighted by Gasteiger charge is -2.42. The summed E-state index contributed by atoms with van der Waals surface area (Å²) in [4.78, 5) is 3.02. The number of nitrogens with zero attached hydrogens (tertiary/aromatic N) is 1. The summed E-state index contributed by atoms with van der Waals surface area (Å²) < 4.78 is 0. The Hall–Kier alpha value is -1.09. The summed E-state index contributed by atoms with van der Waals surface area (Å²) >= 11 is 5.18. The van der Waals surface area contributed by atoms with Gasteiger partial charge >= 0.3 is 0 Å². The Kier molecular flexibility index (Phi) is 3.74. The number of piperidine rings is 1. The zero-order valence-corrected chi connectivity index (χ0v) is 12.2. The first kappa shape index (κ1) is 12.9. The zero-order chi connectivity index (χ0) is 13.2. The Labute approximate surface area is 121 Å². The molecule has 2 atom stereocenters. The Morgan fingerprint density at radius 2 is 1.84 bits per heavy atom. The lowest BCUT2D eigenvalue weighted by Crippen LogP contribution is -2.42. The summed E-state index contributed by atoms with van der Waals surface area (Å²) in [7, 11) is 0. The summed E-state index contributed by atoms with van der Waals surface area (Å²) in [6.45, 7) is 2.34. The predicted octanol–water partition coefficient (Wildman–Crippen LogP) is 3.34. The van der Waals surface area contributed by atoms with Crippen LogP contribution in [0.2, 0.25) is 0 Å². The highest BCUT2D eigenvalue weighted by atomic mass is 32.1. The molecule has 1 saturated carbocycles. The number of hydrogen-bond acceptors (Lipinski definition) is 2. The summed E-state index contributed by atoms with van der Waals surface area (Å²) in [5.41, 5.74) is 8.13. The van der Waals surface area contributed by atoms with E-state index < -0.39 is 0 Å². The molecule has 1 aliphatic heterocycles. The molecule has 0 spiro atoms. The van der Waals surface area contributed by atoms with Crippen LogP contribution in [0.5, 0.6) is 0 Å². The zero-order valence-electron chi connectivity index (χ0n) is 11.3. The van der Waals surface area contributed by atoms with Gasteiger partial charge in [0.05, 0.1) is 0 Å². The van der Waals surface area contributed by atoms with Crippen LogP contribution >= 0.6 is 12.2 Å². The lowest BCUT2D eigenvalue weighted by molar-refractivity contribution is 0.202. The molecular weight excluding hydrogens is 252 g/mol. The largest absolute Gasteiger partial charge is 0.389 e. The van der Waals surface area contributed by atoms with E-state index in [1.807, 2.05) is 12.1 Å². The van der Waals surface area contributed by atoms with Crippen LogP contribution in [0.4, 0.5) is 5.69 Å². The molecule has 2 N–H and O–H groups in total. The van der Waals surface area contributed by atoms with E-state index in [-0.39, 0.29) is 0 Å². The van der Waals surface area contributed by atoms with Crippen LogP contribution in [0.15, 0.2) is 24.3 Å². The molecule has 1 heterocycles. The van der Waals surface area contributed by atoms with Crippen molar-refractivity contribution >= 4 is 22.9 Å². The van der Waals surface area contributed by atoms with E-state index in [1.165, 1.54) is 44.3 Å². The molecule has 1 aromatic rings. The Morgan fingerprint density at radius 1 is 1.11 bits per heavy atom. The normalized spacial score (nSPS) is 26.8. The van der Waals surface area contributed by atoms with Crippen LogP contribution in [0, 0.1) is 11.8 Å². The number of rotatable bonds is 2. The van der Waals surface area contributed by atoms with Crippen molar-refractivity contribution in [2.75, 3.05) is 18.0 Å². The quantitative estimate of drug-likeness (QED) is 0.839. The molecule has 19 heavy (non-hydrogen) atoms. The van der Waals surface area contributed by atoms with Gasteiger partial charge in [0.25, 0.3) is 0 Å². The van der Waals surface area contributed by atoms with Gasteiger partial charge in [0.1, 0.15) is 4.99 Å². The molecule has 3 heteroatoms. The third-order valence-corrected chi connectivity index (χ3v) is 5.02. The highest BCUT2D eigenvalue weighted by molar-refractivity contribution is 7.80. The van der Waals surface area contributed by atoms with E-state index in [9.17, 15) is 0 Å². The van der Waals surface area contributed by atoms with Crippen molar-refractivity contribution in [3.05, 3.63) is 29.8 Å². The van der Waals surface area contributed by atoms with Crippen molar-refractivity contribution in [2.45, 2.75) is 32.1 Å². The molecule has 0 bridgehead atoms. The van der Waals surface area contributed by atoms with E-state index in [0.29, 0.717) is 4.99 Å². The minimum Gasteiger partial charge on any atom is -0.389 e. The van der Waals surface area contributed by atoms with Crippen molar-refractivity contribution in [3.8, 4) is 0 Å². The van der Waals surface area contributed by atoms with Gasteiger partial charge in [0.2, 0.25) is 0 Å². The van der Waals surface area contributed by atoms with Gasteiger partial charge in [0.15, 0.2) is 0 Å². The van der Waals surface area contributed by atoms with Gasteiger partial charge < -0.3 is 10.6 Å². The van der Waals surface area contributed by atoms with Gasteiger partial charge in [-0.25, -0.2) is 0 Å². The van der Waals surface area contributed by atoms with Gasteiger partial charge in [-0.1, -0.05) is 43.6 Å². The van der Waals surface area contributed by atoms with E-state index >= 15 is 0 Å². The molecule has 2 aliphatic rings.